The van der Waals surface area contributed by atoms with Crippen LogP contribution >= 0.6 is 0 Å². The van der Waals surface area contributed by atoms with Crippen molar-refractivity contribution < 1.29 is 81.0 Å². The van der Waals surface area contributed by atoms with Gasteiger partial charge >= 0.3 is 29.2 Å². The largest absolute Gasteiger partial charge is 0.550 e. The number of carboxylic acid groups (broad SMARTS) is 2. The fraction of sp³-hybridized carbons (Fsp3) is 0.875. The van der Waals surface area contributed by atoms with Crippen molar-refractivity contribution in [2.45, 2.75) is 48.5 Å². The van der Waals surface area contributed by atoms with Crippen molar-refractivity contribution in [1.82, 2.24) is 4.31 Å². The molecule has 0 saturated heterocycles. The van der Waals surface area contributed by atoms with Crippen LogP contribution in [0.2, 0.25) is 0 Å². The molecule has 0 N–H and O–H groups in total. The Kier molecular flexibility index (Phi) is 10.2. The van der Waals surface area contributed by atoms with Gasteiger partial charge in [-0.25, -0.2) is 8.42 Å². The highest BCUT2D eigenvalue weighted by molar-refractivity contribution is 7.90. The Bertz CT molecular complexity index is 907. The summed E-state index contributed by atoms with van der Waals surface area (Å²) in [6.45, 7) is -3.46. The molecule has 20 heteroatoms. The summed E-state index contributed by atoms with van der Waals surface area (Å²) >= 11 is 0. The number of hydrogen-bond acceptors (Lipinski definition) is 6. The van der Waals surface area contributed by atoms with Crippen LogP contribution in [0.4, 0.5) is 48.3 Å². The maximum atomic E-state index is 14.2. The van der Waals surface area contributed by atoms with Crippen molar-refractivity contribution in [3.63, 3.8) is 0 Å². The van der Waals surface area contributed by atoms with E-state index in [9.17, 15) is 76.5 Å². The van der Waals surface area contributed by atoms with Gasteiger partial charge in [0.05, 0.1) is 27.2 Å². The van der Waals surface area contributed by atoms with Crippen molar-refractivity contribution in [1.29, 1.82) is 0 Å². The van der Waals surface area contributed by atoms with Gasteiger partial charge in [0, 0.05) is 44.3 Å². The molecule has 0 aliphatic heterocycles. The second-order valence-electron chi connectivity index (χ2n) is 8.12. The van der Waals surface area contributed by atoms with Gasteiger partial charge in [0.25, 0.3) is 10.0 Å². The molecule has 0 aliphatic rings. The van der Waals surface area contributed by atoms with E-state index in [0.29, 0.717) is 0 Å². The fourth-order valence-electron chi connectivity index (χ4n) is 2.63. The van der Waals surface area contributed by atoms with Gasteiger partial charge < -0.3 is 24.3 Å². The number of carbonyl (C=O) groups excluding carboxylic acids is 2. The first-order valence-electron chi connectivity index (χ1n) is 9.48. The lowest BCUT2D eigenvalue weighted by atomic mass is 10.0. The average Bonchev–Trinajstić information content (AvgIpc) is 2.67. The molecule has 0 aliphatic carbocycles. The van der Waals surface area contributed by atoms with E-state index in [1.54, 1.807) is 0 Å². The van der Waals surface area contributed by atoms with Gasteiger partial charge in [0.2, 0.25) is 0 Å². The van der Waals surface area contributed by atoms with Crippen molar-refractivity contribution in [3.8, 4) is 0 Å². The van der Waals surface area contributed by atoms with Gasteiger partial charge in [-0.1, -0.05) is 0 Å². The molecular weight excluding hydrogens is 557 g/mol. The Labute approximate surface area is 196 Å². The topological polar surface area (TPSA) is 118 Å². The summed E-state index contributed by atoms with van der Waals surface area (Å²) in [5.41, 5.74) is 0. The van der Waals surface area contributed by atoms with E-state index in [1.807, 2.05) is 0 Å². The van der Waals surface area contributed by atoms with Gasteiger partial charge in [-0.15, -0.1) is 0 Å². The molecule has 0 aromatic heterocycles. The monoisotopic (exact) mass is 577 g/mol. The maximum Gasteiger partial charge on any atom is 0.460 e. The van der Waals surface area contributed by atoms with Crippen LogP contribution in [0.3, 0.4) is 0 Å². The number of halogens is 11. The van der Waals surface area contributed by atoms with E-state index in [0.717, 1.165) is 0 Å². The van der Waals surface area contributed by atoms with E-state index in [1.165, 1.54) is 14.1 Å². The molecule has 0 spiro atoms. The van der Waals surface area contributed by atoms with E-state index in [2.05, 4.69) is 0 Å². The maximum absolute atomic E-state index is 14.2. The third kappa shape index (κ3) is 6.87. The van der Waals surface area contributed by atoms with Gasteiger partial charge in [0.1, 0.15) is 0 Å². The van der Waals surface area contributed by atoms with Gasteiger partial charge in [-0.3, -0.25) is 0 Å². The van der Waals surface area contributed by atoms with Gasteiger partial charge in [0.15, 0.2) is 0 Å². The number of carbonyl (C=O) groups is 2. The van der Waals surface area contributed by atoms with Gasteiger partial charge in [-0.2, -0.15) is 52.6 Å². The van der Waals surface area contributed by atoms with Crippen LogP contribution in [0.15, 0.2) is 0 Å². The molecule has 0 unspecified atom stereocenters. The zero-order valence-electron chi connectivity index (χ0n) is 18.4. The highest BCUT2D eigenvalue weighted by atomic mass is 32.2. The van der Waals surface area contributed by atoms with Gasteiger partial charge in [-0.05, 0) is 0 Å². The standard InChI is InChI=1S/C16H21F11N2O6S/c1-29(2,9-5-11(32)33)8-3-6-28(7-4-10(30)31)36(34,35)16(26,27)14(21,22)12(17,18)13(19,20)15(23,24)25/h3-9H2,1-2H3,(H-,30,31,32,33)/p-1. The highest BCUT2D eigenvalue weighted by Gasteiger charge is 2.89. The fourth-order valence-corrected chi connectivity index (χ4v) is 4.11. The minimum atomic E-state index is -7.97. The predicted molar refractivity (Wildman–Crippen MR) is 92.0 cm³/mol. The average molecular weight is 577 g/mol. The Morgan fingerprint density at radius 1 is 0.722 bits per heavy atom. The number of sulfonamides is 1. The lowest BCUT2D eigenvalue weighted by Gasteiger charge is -2.38. The number of quaternary nitrogens is 1. The molecule has 0 rings (SSSR count). The van der Waals surface area contributed by atoms with E-state index < -0.39 is 87.8 Å². The molecular formula is C16H20F11N2O6S-. The summed E-state index contributed by atoms with van der Waals surface area (Å²) in [6, 6.07) is 0. The van der Waals surface area contributed by atoms with Crippen molar-refractivity contribution in [2.75, 3.05) is 40.3 Å². The molecule has 0 bridgehead atoms. The Morgan fingerprint density at radius 3 is 1.56 bits per heavy atom. The lowest BCUT2D eigenvalue weighted by Crippen LogP contribution is -2.69. The molecule has 0 aromatic carbocycles. The Morgan fingerprint density at radius 2 is 1.17 bits per heavy atom. The molecule has 0 radical (unpaired) electrons. The summed E-state index contributed by atoms with van der Waals surface area (Å²) in [7, 11) is -4.57. The zero-order chi connectivity index (χ0) is 29.2. The molecule has 8 nitrogen and oxygen atoms in total. The van der Waals surface area contributed by atoms with Crippen LogP contribution in [0.1, 0.15) is 19.3 Å². The summed E-state index contributed by atoms with van der Waals surface area (Å²) in [5.74, 6) is -27.3. The summed E-state index contributed by atoms with van der Waals surface area (Å²) in [5, 5.41) is 13.8. The normalized spacial score (nSPS) is 14.8. The molecule has 0 amide bonds. The number of hydrogen-bond donors (Lipinski definition) is 0. The quantitative estimate of drug-likeness (QED) is 0.206. The third-order valence-corrected chi connectivity index (χ3v) is 6.78. The first-order chi connectivity index (χ1) is 15.7. The predicted octanol–water partition coefficient (Wildman–Crippen LogP) is 0.426. The molecule has 0 heterocycles. The Balaban J connectivity index is 6.24. The molecule has 0 atom stereocenters. The SMILES string of the molecule is C[N+](C)(CCCN(CCC(=O)[O-])S(=O)(=O)C(F)(F)C(F)(F)C(F)(F)C(F)(F)C(F)(F)F)CCC(=O)[O-]. The smallest absolute Gasteiger partial charge is 0.460 e. The lowest BCUT2D eigenvalue weighted by molar-refractivity contribution is -0.890. The molecule has 214 valence electrons. The first kappa shape index (κ1) is 34.0. The zero-order valence-corrected chi connectivity index (χ0v) is 19.2. The Hall–Kier alpha value is -1.96. The number of aliphatic carboxylic acids is 2. The summed E-state index contributed by atoms with van der Waals surface area (Å²) in [6.07, 6.45) is -10.2. The number of rotatable bonds is 15. The van der Waals surface area contributed by atoms with Crippen LogP contribution in [0.25, 0.3) is 0 Å². The van der Waals surface area contributed by atoms with E-state index >= 15 is 0 Å². The second kappa shape index (κ2) is 10.8. The van der Waals surface area contributed by atoms with Crippen LogP contribution in [0.5, 0.6) is 0 Å². The van der Waals surface area contributed by atoms with Crippen LogP contribution < -0.4 is 10.2 Å². The molecule has 36 heavy (non-hydrogen) atoms. The summed E-state index contributed by atoms with van der Waals surface area (Å²) < 4.78 is 169. The van der Waals surface area contributed by atoms with Crippen LogP contribution in [-0.4, -0.2) is 98.6 Å². The van der Waals surface area contributed by atoms with Crippen LogP contribution in [0, 0.1) is 0 Å². The van der Waals surface area contributed by atoms with E-state index in [4.69, 9.17) is 0 Å². The molecule has 0 saturated carbocycles. The molecule has 0 fully saturated rings. The van der Waals surface area contributed by atoms with Crippen molar-refractivity contribution in [3.05, 3.63) is 0 Å². The van der Waals surface area contributed by atoms with Crippen LogP contribution in [-0.2, 0) is 19.6 Å². The minimum absolute atomic E-state index is 0.193. The third-order valence-electron chi connectivity index (χ3n) is 4.83. The molecule has 0 aromatic rings. The number of nitrogens with zero attached hydrogens (tertiary/aromatic N) is 2. The van der Waals surface area contributed by atoms with Crippen molar-refractivity contribution >= 4 is 22.0 Å². The van der Waals surface area contributed by atoms with Crippen molar-refractivity contribution in [2.24, 2.45) is 0 Å². The number of alkyl halides is 11. The highest BCUT2D eigenvalue weighted by Crippen LogP contribution is 2.58. The summed E-state index contributed by atoms with van der Waals surface area (Å²) in [4.78, 5) is 21.1. The first-order valence-corrected chi connectivity index (χ1v) is 10.9. The van der Waals surface area contributed by atoms with E-state index in [-0.39, 0.29) is 17.6 Å². The number of carboxylic acids is 2. The minimum Gasteiger partial charge on any atom is -0.550 e. The second-order valence-corrected chi connectivity index (χ2v) is 10.1.